The molecule has 1 aromatic rings. The zero-order chi connectivity index (χ0) is 14.9. The van der Waals surface area contributed by atoms with Gasteiger partial charge in [0.1, 0.15) is 11.3 Å². The minimum absolute atomic E-state index is 0.0865. The van der Waals surface area contributed by atoms with Crippen molar-refractivity contribution in [1.82, 2.24) is 0 Å². The lowest BCUT2D eigenvalue weighted by Crippen LogP contribution is -2.51. The Balaban J connectivity index is 2.51. The molecule has 1 aliphatic heterocycles. The highest BCUT2D eigenvalue weighted by molar-refractivity contribution is 6.60. The zero-order valence-electron chi connectivity index (χ0n) is 10.9. The summed E-state index contributed by atoms with van der Waals surface area (Å²) in [7, 11) is 1.32. The number of fused-ring (bicyclic) bond motifs is 1. The molecule has 8 heteroatoms. The van der Waals surface area contributed by atoms with E-state index < -0.39 is 18.5 Å². The molecule has 0 aromatic heterocycles. The standard InChI is InChI=1S/C12H16BO7/c1-19-9-3-2-7-6-8(4-5-14)13(17,18)20-11(7)10(9)12(15)16/h2-3,8,14,17-18H,4-6H2,1H3,(H,15,16)/q-1/t8-/m0/s1. The Morgan fingerprint density at radius 2 is 2.20 bits per heavy atom. The molecule has 1 aromatic carbocycles. The first-order chi connectivity index (χ1) is 9.40. The Labute approximate surface area is 115 Å². The molecule has 4 N–H and O–H groups in total. The van der Waals surface area contributed by atoms with Crippen molar-refractivity contribution in [3.63, 3.8) is 0 Å². The highest BCUT2D eigenvalue weighted by Gasteiger charge is 2.40. The van der Waals surface area contributed by atoms with Gasteiger partial charge in [-0.2, -0.15) is 0 Å². The summed E-state index contributed by atoms with van der Waals surface area (Å²) >= 11 is 0. The van der Waals surface area contributed by atoms with Gasteiger partial charge in [-0.15, -0.1) is 0 Å². The fourth-order valence-corrected chi connectivity index (χ4v) is 2.47. The van der Waals surface area contributed by atoms with Gasteiger partial charge in [0.2, 0.25) is 0 Å². The van der Waals surface area contributed by atoms with Gasteiger partial charge in [0, 0.05) is 6.61 Å². The second-order valence-electron chi connectivity index (χ2n) is 4.79. The lowest BCUT2D eigenvalue weighted by atomic mass is 9.58. The van der Waals surface area contributed by atoms with Crippen molar-refractivity contribution in [3.05, 3.63) is 23.3 Å². The lowest BCUT2D eigenvalue weighted by Gasteiger charge is -2.43. The number of rotatable bonds is 4. The van der Waals surface area contributed by atoms with Crippen LogP contribution in [-0.4, -0.2) is 46.7 Å². The molecule has 0 unspecified atom stereocenters. The van der Waals surface area contributed by atoms with Crippen LogP contribution in [0.3, 0.4) is 0 Å². The minimum Gasteiger partial charge on any atom is -0.669 e. The number of ether oxygens (including phenoxy) is 1. The molecule has 1 heterocycles. The van der Waals surface area contributed by atoms with Crippen LogP contribution in [0.15, 0.2) is 12.1 Å². The molecule has 1 aliphatic rings. The molecular formula is C12H16BO7-. The summed E-state index contributed by atoms with van der Waals surface area (Å²) in [6.45, 7) is -3.44. The molecule has 0 bridgehead atoms. The summed E-state index contributed by atoms with van der Waals surface area (Å²) in [5.74, 6) is -1.95. The minimum atomic E-state index is -3.22. The Morgan fingerprint density at radius 1 is 1.50 bits per heavy atom. The molecule has 110 valence electrons. The highest BCUT2D eigenvalue weighted by Crippen LogP contribution is 2.42. The second-order valence-corrected chi connectivity index (χ2v) is 4.79. The maximum absolute atomic E-state index is 11.3. The zero-order valence-corrected chi connectivity index (χ0v) is 10.9. The van der Waals surface area contributed by atoms with Crippen LogP contribution in [-0.2, 0) is 6.42 Å². The number of carbonyl (C=O) groups is 1. The number of carboxylic acid groups (broad SMARTS) is 1. The summed E-state index contributed by atoms with van der Waals surface area (Å²) in [5, 5.41) is 38.0. The maximum Gasteiger partial charge on any atom is 0.433 e. The largest absolute Gasteiger partial charge is 0.669 e. The fraction of sp³-hybridized carbons (Fsp3) is 0.417. The highest BCUT2D eigenvalue weighted by atomic mass is 16.6. The van der Waals surface area contributed by atoms with E-state index in [4.69, 9.17) is 14.5 Å². The van der Waals surface area contributed by atoms with Gasteiger partial charge in [-0.3, -0.25) is 0 Å². The monoisotopic (exact) mass is 283 g/mol. The maximum atomic E-state index is 11.3. The van der Waals surface area contributed by atoms with E-state index in [1.165, 1.54) is 13.2 Å². The first-order valence-corrected chi connectivity index (χ1v) is 6.23. The van der Waals surface area contributed by atoms with Gasteiger partial charge in [-0.25, -0.2) is 4.79 Å². The number of aliphatic hydroxyl groups excluding tert-OH is 1. The van der Waals surface area contributed by atoms with E-state index in [1.54, 1.807) is 6.07 Å². The number of aromatic carboxylic acids is 1. The third kappa shape index (κ3) is 2.45. The van der Waals surface area contributed by atoms with E-state index >= 15 is 0 Å². The van der Waals surface area contributed by atoms with Gasteiger partial charge in [0.05, 0.1) is 12.9 Å². The van der Waals surface area contributed by atoms with Gasteiger partial charge in [-0.1, -0.05) is 18.3 Å². The lowest BCUT2D eigenvalue weighted by molar-refractivity contribution is 0.0689. The van der Waals surface area contributed by atoms with Crippen LogP contribution >= 0.6 is 0 Å². The SMILES string of the molecule is COc1ccc2c(c1C(=O)O)O[B-](O)(O)[C@@H](CCO)C2. The fourth-order valence-electron chi connectivity index (χ4n) is 2.47. The van der Waals surface area contributed by atoms with Crippen molar-refractivity contribution in [2.24, 2.45) is 0 Å². The van der Waals surface area contributed by atoms with Crippen molar-refractivity contribution in [1.29, 1.82) is 0 Å². The Morgan fingerprint density at radius 3 is 2.75 bits per heavy atom. The van der Waals surface area contributed by atoms with Crippen molar-refractivity contribution in [2.45, 2.75) is 18.7 Å². The quantitative estimate of drug-likeness (QED) is 0.575. The molecule has 0 amide bonds. The molecule has 1 atom stereocenters. The number of aliphatic hydroxyl groups is 1. The molecule has 0 radical (unpaired) electrons. The van der Waals surface area contributed by atoms with Gasteiger partial charge < -0.3 is 29.7 Å². The van der Waals surface area contributed by atoms with Crippen molar-refractivity contribution in [3.8, 4) is 11.5 Å². The summed E-state index contributed by atoms with van der Waals surface area (Å²) in [4.78, 5) is 11.3. The molecular weight excluding hydrogens is 267 g/mol. The predicted octanol–water partition coefficient (Wildman–Crippen LogP) is 0.00440. The number of benzene rings is 1. The molecule has 0 spiro atoms. The Hall–Kier alpha value is -1.77. The van der Waals surface area contributed by atoms with E-state index in [-0.39, 0.29) is 36.5 Å². The molecule has 0 fully saturated rings. The predicted molar refractivity (Wildman–Crippen MR) is 69.9 cm³/mol. The first kappa shape index (κ1) is 14.6. The van der Waals surface area contributed by atoms with E-state index in [0.29, 0.717) is 5.56 Å². The average Bonchev–Trinajstić information content (AvgIpc) is 2.37. The van der Waals surface area contributed by atoms with Crippen LogP contribution in [0.2, 0.25) is 5.82 Å². The van der Waals surface area contributed by atoms with Crippen molar-refractivity contribution in [2.75, 3.05) is 13.7 Å². The topological polar surface area (TPSA) is 116 Å². The third-order valence-corrected chi connectivity index (χ3v) is 3.52. The average molecular weight is 283 g/mol. The van der Waals surface area contributed by atoms with Gasteiger partial charge in [0.15, 0.2) is 0 Å². The molecule has 0 saturated carbocycles. The number of hydrogen-bond donors (Lipinski definition) is 4. The van der Waals surface area contributed by atoms with Gasteiger partial charge >= 0.3 is 12.7 Å². The summed E-state index contributed by atoms with van der Waals surface area (Å²) in [6, 6.07) is 3.12. The number of hydrogen-bond acceptors (Lipinski definition) is 6. The van der Waals surface area contributed by atoms with Crippen LogP contribution in [0.25, 0.3) is 0 Å². The molecule has 0 saturated heterocycles. The Bertz CT molecular complexity index is 529. The summed E-state index contributed by atoms with van der Waals surface area (Å²) in [5.41, 5.74) is 0.309. The van der Waals surface area contributed by atoms with E-state index in [9.17, 15) is 19.9 Å². The van der Waals surface area contributed by atoms with Crippen LogP contribution < -0.4 is 9.39 Å². The second kappa shape index (κ2) is 5.32. The van der Waals surface area contributed by atoms with Crippen molar-refractivity contribution >= 4 is 12.7 Å². The molecule has 20 heavy (non-hydrogen) atoms. The number of carboxylic acids is 1. The van der Waals surface area contributed by atoms with E-state index in [1.807, 2.05) is 0 Å². The Kier molecular flexibility index (Phi) is 3.89. The van der Waals surface area contributed by atoms with Crippen LogP contribution in [0, 0.1) is 0 Å². The van der Waals surface area contributed by atoms with Crippen LogP contribution in [0.4, 0.5) is 0 Å². The van der Waals surface area contributed by atoms with Gasteiger partial charge in [-0.05, 0) is 18.1 Å². The number of methoxy groups -OCH3 is 1. The molecule has 2 rings (SSSR count). The van der Waals surface area contributed by atoms with Gasteiger partial charge in [0.25, 0.3) is 0 Å². The molecule has 7 nitrogen and oxygen atoms in total. The van der Waals surface area contributed by atoms with Crippen LogP contribution in [0.1, 0.15) is 22.3 Å². The van der Waals surface area contributed by atoms with Crippen molar-refractivity contribution < 1.29 is 34.4 Å². The van der Waals surface area contributed by atoms with Crippen LogP contribution in [0.5, 0.6) is 11.5 Å². The smallest absolute Gasteiger partial charge is 0.433 e. The molecule has 0 aliphatic carbocycles. The van der Waals surface area contributed by atoms with E-state index in [0.717, 1.165) is 0 Å². The van der Waals surface area contributed by atoms with E-state index in [2.05, 4.69) is 0 Å². The summed E-state index contributed by atoms with van der Waals surface area (Å²) in [6.07, 6.45) is 0.369. The summed E-state index contributed by atoms with van der Waals surface area (Å²) < 4.78 is 10.1. The third-order valence-electron chi connectivity index (χ3n) is 3.52. The normalized spacial score (nSPS) is 19.9. The first-order valence-electron chi connectivity index (χ1n) is 6.23.